The van der Waals surface area contributed by atoms with E-state index in [1.165, 1.54) is 12.1 Å². The van der Waals surface area contributed by atoms with Crippen LogP contribution in [0.1, 0.15) is 58.2 Å². The zero-order valence-electron chi connectivity index (χ0n) is 14.2. The molecule has 1 aromatic heterocycles. The predicted octanol–water partition coefficient (Wildman–Crippen LogP) is 5.78. The van der Waals surface area contributed by atoms with Gasteiger partial charge in [-0.25, -0.2) is 4.98 Å². The average Bonchev–Trinajstić information content (AvgIpc) is 2.88. The summed E-state index contributed by atoms with van der Waals surface area (Å²) in [5.74, 6) is 1.72. The van der Waals surface area contributed by atoms with Gasteiger partial charge in [0.05, 0.1) is 11.0 Å². The molecule has 2 aromatic rings. The molecule has 3 nitrogen and oxygen atoms in total. The second-order valence-corrected chi connectivity index (χ2v) is 7.76. The van der Waals surface area contributed by atoms with Gasteiger partial charge in [0.1, 0.15) is 11.6 Å². The van der Waals surface area contributed by atoms with Crippen molar-refractivity contribution in [3.05, 3.63) is 24.0 Å². The summed E-state index contributed by atoms with van der Waals surface area (Å²) >= 11 is 0. The summed E-state index contributed by atoms with van der Waals surface area (Å²) in [5.41, 5.74) is 1.59. The lowest BCUT2D eigenvalue weighted by molar-refractivity contribution is -0.274. The van der Waals surface area contributed by atoms with Gasteiger partial charge in [0, 0.05) is 12.0 Å². The van der Waals surface area contributed by atoms with Crippen molar-refractivity contribution in [2.75, 3.05) is 0 Å². The number of imidazole rings is 1. The summed E-state index contributed by atoms with van der Waals surface area (Å²) < 4.78 is 40.9. The van der Waals surface area contributed by atoms with Crippen molar-refractivity contribution in [3.63, 3.8) is 0 Å². The van der Waals surface area contributed by atoms with E-state index < -0.39 is 6.36 Å². The molecule has 0 amide bonds. The fraction of sp³-hybridized carbons (Fsp3) is 0.611. The van der Waals surface area contributed by atoms with Gasteiger partial charge in [0.25, 0.3) is 0 Å². The highest BCUT2D eigenvalue weighted by molar-refractivity contribution is 5.76. The minimum Gasteiger partial charge on any atom is -0.406 e. The Balaban J connectivity index is 1.75. The molecule has 0 saturated heterocycles. The molecule has 6 heteroatoms. The van der Waals surface area contributed by atoms with Gasteiger partial charge < -0.3 is 9.72 Å². The third-order valence-electron chi connectivity index (χ3n) is 5.04. The van der Waals surface area contributed by atoms with Gasteiger partial charge in [-0.2, -0.15) is 0 Å². The molecule has 1 saturated carbocycles. The van der Waals surface area contributed by atoms with Crippen LogP contribution >= 0.6 is 0 Å². The largest absolute Gasteiger partial charge is 0.573 e. The van der Waals surface area contributed by atoms with Gasteiger partial charge in [0.15, 0.2) is 0 Å². The molecule has 24 heavy (non-hydrogen) atoms. The Bertz CT molecular complexity index is 707. The number of H-pyrrole nitrogens is 1. The maximum absolute atomic E-state index is 12.3. The number of alkyl halides is 3. The van der Waals surface area contributed by atoms with E-state index in [2.05, 4.69) is 35.5 Å². The van der Waals surface area contributed by atoms with Crippen LogP contribution in [0.15, 0.2) is 18.2 Å². The Hall–Kier alpha value is -1.72. The number of rotatable bonds is 2. The number of ether oxygens (including phenoxy) is 1. The van der Waals surface area contributed by atoms with Crippen LogP contribution < -0.4 is 4.74 Å². The fourth-order valence-corrected chi connectivity index (χ4v) is 3.63. The molecule has 0 radical (unpaired) electrons. The SMILES string of the molecule is CC(C)(C)C1CCC(c2nc3ccc(OC(F)(F)F)cc3[nH]2)CC1. The first kappa shape index (κ1) is 17.1. The lowest BCUT2D eigenvalue weighted by Crippen LogP contribution is -2.25. The first-order chi connectivity index (χ1) is 11.1. The van der Waals surface area contributed by atoms with Crippen molar-refractivity contribution in [3.8, 4) is 5.75 Å². The zero-order chi connectivity index (χ0) is 17.5. The summed E-state index contributed by atoms with van der Waals surface area (Å²) in [4.78, 5) is 7.76. The van der Waals surface area contributed by atoms with Crippen molar-refractivity contribution in [1.82, 2.24) is 9.97 Å². The van der Waals surface area contributed by atoms with E-state index >= 15 is 0 Å². The Labute approximate surface area is 139 Å². The summed E-state index contributed by atoms with van der Waals surface area (Å²) in [6.07, 6.45) is -0.232. The monoisotopic (exact) mass is 340 g/mol. The molecule has 1 aliphatic carbocycles. The number of aromatic amines is 1. The third kappa shape index (κ3) is 3.84. The van der Waals surface area contributed by atoms with E-state index in [0.717, 1.165) is 31.5 Å². The number of nitrogens with zero attached hydrogens (tertiary/aromatic N) is 1. The van der Waals surface area contributed by atoms with Gasteiger partial charge in [-0.15, -0.1) is 13.2 Å². The number of hydrogen-bond donors (Lipinski definition) is 1. The average molecular weight is 340 g/mol. The fourth-order valence-electron chi connectivity index (χ4n) is 3.63. The van der Waals surface area contributed by atoms with Crippen LogP contribution in [0, 0.1) is 11.3 Å². The topological polar surface area (TPSA) is 37.9 Å². The van der Waals surface area contributed by atoms with Crippen LogP contribution in [-0.2, 0) is 0 Å². The number of fused-ring (bicyclic) bond motifs is 1. The highest BCUT2D eigenvalue weighted by Gasteiger charge is 2.32. The van der Waals surface area contributed by atoms with E-state index in [-0.39, 0.29) is 5.75 Å². The molecule has 0 spiro atoms. The summed E-state index contributed by atoms with van der Waals surface area (Å²) in [7, 11) is 0. The lowest BCUT2D eigenvalue weighted by Gasteiger charge is -2.36. The summed E-state index contributed by atoms with van der Waals surface area (Å²) in [6, 6.07) is 4.23. The van der Waals surface area contributed by atoms with Crippen LogP contribution in [0.4, 0.5) is 13.2 Å². The van der Waals surface area contributed by atoms with Gasteiger partial charge in [-0.05, 0) is 49.1 Å². The number of hydrogen-bond acceptors (Lipinski definition) is 2. The Morgan fingerprint density at radius 1 is 1.08 bits per heavy atom. The van der Waals surface area contributed by atoms with Crippen molar-refractivity contribution >= 4 is 11.0 Å². The number of aromatic nitrogens is 2. The van der Waals surface area contributed by atoms with Crippen LogP contribution in [0.5, 0.6) is 5.75 Å². The van der Waals surface area contributed by atoms with Crippen molar-refractivity contribution in [2.45, 2.75) is 58.7 Å². The lowest BCUT2D eigenvalue weighted by atomic mass is 9.70. The molecule has 1 fully saturated rings. The van der Waals surface area contributed by atoms with Crippen LogP contribution in [0.3, 0.4) is 0 Å². The Morgan fingerprint density at radius 3 is 2.33 bits per heavy atom. The second-order valence-electron chi connectivity index (χ2n) is 7.76. The van der Waals surface area contributed by atoms with Crippen LogP contribution in [-0.4, -0.2) is 16.3 Å². The highest BCUT2D eigenvalue weighted by atomic mass is 19.4. The molecule has 132 valence electrons. The Morgan fingerprint density at radius 2 is 1.75 bits per heavy atom. The molecule has 0 aliphatic heterocycles. The number of benzene rings is 1. The molecule has 1 aromatic carbocycles. The molecule has 1 aliphatic rings. The standard InChI is InChI=1S/C18H23F3N2O/c1-17(2,3)12-6-4-11(5-7-12)16-22-14-9-8-13(10-15(14)23-16)24-18(19,20)21/h8-12H,4-7H2,1-3H3,(H,22,23). The van der Waals surface area contributed by atoms with Crippen molar-refractivity contribution < 1.29 is 17.9 Å². The minimum atomic E-state index is -4.68. The number of halogens is 3. The van der Waals surface area contributed by atoms with Crippen LogP contribution in [0.2, 0.25) is 0 Å². The van der Waals surface area contributed by atoms with Crippen molar-refractivity contribution in [1.29, 1.82) is 0 Å². The molecule has 0 atom stereocenters. The molecule has 0 bridgehead atoms. The first-order valence-corrected chi connectivity index (χ1v) is 8.37. The Kier molecular flexibility index (Phi) is 4.26. The third-order valence-corrected chi connectivity index (χ3v) is 5.04. The molecule has 1 heterocycles. The highest BCUT2D eigenvalue weighted by Crippen LogP contribution is 2.42. The van der Waals surface area contributed by atoms with E-state index in [9.17, 15) is 13.2 Å². The maximum Gasteiger partial charge on any atom is 0.573 e. The van der Waals surface area contributed by atoms with Gasteiger partial charge in [-0.3, -0.25) is 0 Å². The molecule has 3 rings (SSSR count). The van der Waals surface area contributed by atoms with Crippen LogP contribution in [0.25, 0.3) is 11.0 Å². The maximum atomic E-state index is 12.3. The van der Waals surface area contributed by atoms with E-state index in [4.69, 9.17) is 0 Å². The normalized spacial score (nSPS) is 22.8. The first-order valence-electron chi connectivity index (χ1n) is 8.37. The van der Waals surface area contributed by atoms with E-state index in [1.54, 1.807) is 6.07 Å². The molecular weight excluding hydrogens is 317 g/mol. The van der Waals surface area contributed by atoms with Gasteiger partial charge >= 0.3 is 6.36 Å². The number of nitrogens with one attached hydrogen (secondary N) is 1. The zero-order valence-corrected chi connectivity index (χ0v) is 14.2. The summed E-state index contributed by atoms with van der Waals surface area (Å²) in [6.45, 7) is 6.84. The summed E-state index contributed by atoms with van der Waals surface area (Å²) in [5, 5.41) is 0. The smallest absolute Gasteiger partial charge is 0.406 e. The second kappa shape index (κ2) is 5.97. The van der Waals surface area contributed by atoms with E-state index in [0.29, 0.717) is 28.3 Å². The quantitative estimate of drug-likeness (QED) is 0.752. The molecule has 0 unspecified atom stereocenters. The predicted molar refractivity (Wildman–Crippen MR) is 86.9 cm³/mol. The van der Waals surface area contributed by atoms with Gasteiger partial charge in [0.2, 0.25) is 0 Å². The van der Waals surface area contributed by atoms with E-state index in [1.807, 2.05) is 0 Å². The minimum absolute atomic E-state index is 0.221. The van der Waals surface area contributed by atoms with Gasteiger partial charge in [-0.1, -0.05) is 20.8 Å². The molecular formula is C18H23F3N2O. The van der Waals surface area contributed by atoms with Crippen molar-refractivity contribution in [2.24, 2.45) is 11.3 Å². The molecule has 1 N–H and O–H groups in total.